The summed E-state index contributed by atoms with van der Waals surface area (Å²) in [4.78, 5) is 11.5. The van der Waals surface area contributed by atoms with E-state index in [2.05, 4.69) is 52.2 Å². The lowest BCUT2D eigenvalue weighted by Crippen LogP contribution is -2.26. The van der Waals surface area contributed by atoms with E-state index in [1.165, 1.54) is 5.56 Å². The zero-order valence-electron chi connectivity index (χ0n) is 13.8. The minimum Gasteiger partial charge on any atom is -0.356 e. The summed E-state index contributed by atoms with van der Waals surface area (Å²) in [6, 6.07) is 12.4. The molecule has 4 nitrogen and oxygen atoms in total. The second kappa shape index (κ2) is 8.37. The highest BCUT2D eigenvalue weighted by Gasteiger charge is 2.09. The Kier molecular flexibility index (Phi) is 6.19. The first-order valence-corrected chi connectivity index (χ1v) is 8.11. The van der Waals surface area contributed by atoms with Crippen LogP contribution in [0, 0.1) is 6.92 Å². The minimum absolute atomic E-state index is 0.705. The summed E-state index contributed by atoms with van der Waals surface area (Å²) in [6.07, 6.45) is 2.24. The molecule has 0 atom stereocenters. The van der Waals surface area contributed by atoms with Crippen LogP contribution in [-0.2, 0) is 6.54 Å². The van der Waals surface area contributed by atoms with E-state index >= 15 is 0 Å². The zero-order chi connectivity index (χ0) is 15.8. The van der Waals surface area contributed by atoms with E-state index < -0.39 is 0 Å². The van der Waals surface area contributed by atoms with Crippen molar-refractivity contribution in [1.29, 1.82) is 0 Å². The summed E-state index contributed by atoms with van der Waals surface area (Å²) in [5.74, 6) is 1.72. The Morgan fingerprint density at radius 2 is 1.68 bits per heavy atom. The summed E-state index contributed by atoms with van der Waals surface area (Å²) in [5.41, 5.74) is 2.23. The molecule has 0 spiro atoms. The Labute approximate surface area is 133 Å². The highest BCUT2D eigenvalue weighted by atomic mass is 15.2. The lowest BCUT2D eigenvalue weighted by Gasteiger charge is -2.23. The van der Waals surface area contributed by atoms with Gasteiger partial charge in [-0.1, -0.05) is 44.2 Å². The SMILES string of the molecule is CCCN(CCC)c1cc(C)nc(NCc2ccccc2)n1. The highest BCUT2D eigenvalue weighted by Crippen LogP contribution is 2.16. The van der Waals surface area contributed by atoms with E-state index in [0.717, 1.165) is 44.0 Å². The van der Waals surface area contributed by atoms with Crippen LogP contribution in [-0.4, -0.2) is 23.1 Å². The number of hydrogen-bond acceptors (Lipinski definition) is 4. The third kappa shape index (κ3) is 4.72. The monoisotopic (exact) mass is 298 g/mol. The molecule has 1 N–H and O–H groups in total. The lowest BCUT2D eigenvalue weighted by atomic mass is 10.2. The third-order valence-electron chi connectivity index (χ3n) is 3.45. The zero-order valence-corrected chi connectivity index (χ0v) is 13.8. The smallest absolute Gasteiger partial charge is 0.225 e. The molecular formula is C18H26N4. The quantitative estimate of drug-likeness (QED) is 0.799. The number of hydrogen-bond donors (Lipinski definition) is 1. The fourth-order valence-corrected chi connectivity index (χ4v) is 2.45. The molecule has 0 aliphatic heterocycles. The molecule has 22 heavy (non-hydrogen) atoms. The molecule has 0 saturated heterocycles. The van der Waals surface area contributed by atoms with Crippen molar-refractivity contribution in [3.8, 4) is 0 Å². The predicted octanol–water partition coefficient (Wildman–Crippen LogP) is 4.02. The highest BCUT2D eigenvalue weighted by molar-refractivity contribution is 5.45. The number of benzene rings is 1. The Hall–Kier alpha value is -2.10. The summed E-state index contributed by atoms with van der Waals surface area (Å²) in [6.45, 7) is 9.22. The minimum atomic E-state index is 0.705. The largest absolute Gasteiger partial charge is 0.356 e. The van der Waals surface area contributed by atoms with Crippen LogP contribution < -0.4 is 10.2 Å². The molecule has 0 aliphatic carbocycles. The number of aryl methyl sites for hydroxylation is 1. The van der Waals surface area contributed by atoms with Gasteiger partial charge >= 0.3 is 0 Å². The molecule has 1 heterocycles. The first-order chi connectivity index (χ1) is 10.7. The normalized spacial score (nSPS) is 10.5. The van der Waals surface area contributed by atoms with Crippen LogP contribution in [0.25, 0.3) is 0 Å². The van der Waals surface area contributed by atoms with Gasteiger partial charge in [-0.25, -0.2) is 4.98 Å². The van der Waals surface area contributed by atoms with Crippen molar-refractivity contribution >= 4 is 11.8 Å². The van der Waals surface area contributed by atoms with Crippen LogP contribution in [0.15, 0.2) is 36.4 Å². The average Bonchev–Trinajstić information content (AvgIpc) is 2.53. The number of anilines is 2. The van der Waals surface area contributed by atoms with E-state index in [9.17, 15) is 0 Å². The average molecular weight is 298 g/mol. The van der Waals surface area contributed by atoms with Gasteiger partial charge in [0.25, 0.3) is 0 Å². The molecule has 2 aromatic rings. The van der Waals surface area contributed by atoms with Gasteiger partial charge in [0.05, 0.1) is 0 Å². The molecule has 2 rings (SSSR count). The summed E-state index contributed by atoms with van der Waals surface area (Å²) < 4.78 is 0. The molecule has 1 aromatic heterocycles. The molecule has 118 valence electrons. The van der Waals surface area contributed by atoms with Crippen LogP contribution >= 0.6 is 0 Å². The Morgan fingerprint density at radius 3 is 2.32 bits per heavy atom. The number of rotatable bonds is 8. The topological polar surface area (TPSA) is 41.1 Å². The van der Waals surface area contributed by atoms with E-state index in [1.807, 2.05) is 25.1 Å². The van der Waals surface area contributed by atoms with Gasteiger partial charge in [-0.2, -0.15) is 4.98 Å². The molecule has 0 aliphatic rings. The van der Waals surface area contributed by atoms with Crippen molar-refractivity contribution in [2.75, 3.05) is 23.3 Å². The summed E-state index contributed by atoms with van der Waals surface area (Å²) in [7, 11) is 0. The van der Waals surface area contributed by atoms with Crippen molar-refractivity contribution in [2.24, 2.45) is 0 Å². The maximum Gasteiger partial charge on any atom is 0.225 e. The fourth-order valence-electron chi connectivity index (χ4n) is 2.45. The predicted molar refractivity (Wildman–Crippen MR) is 93.3 cm³/mol. The van der Waals surface area contributed by atoms with Crippen molar-refractivity contribution in [2.45, 2.75) is 40.2 Å². The van der Waals surface area contributed by atoms with Crippen LogP contribution in [0.2, 0.25) is 0 Å². The van der Waals surface area contributed by atoms with E-state index in [-0.39, 0.29) is 0 Å². The van der Waals surface area contributed by atoms with Crippen molar-refractivity contribution in [3.05, 3.63) is 47.7 Å². The second-order valence-electron chi connectivity index (χ2n) is 5.52. The Bertz CT molecular complexity index is 563. The van der Waals surface area contributed by atoms with E-state index in [1.54, 1.807) is 0 Å². The van der Waals surface area contributed by atoms with Gasteiger partial charge < -0.3 is 10.2 Å². The molecular weight excluding hydrogens is 272 g/mol. The molecule has 0 bridgehead atoms. The Morgan fingerprint density at radius 1 is 1.00 bits per heavy atom. The van der Waals surface area contributed by atoms with Crippen LogP contribution in [0.1, 0.15) is 37.9 Å². The van der Waals surface area contributed by atoms with Gasteiger partial charge in [0.2, 0.25) is 5.95 Å². The molecule has 0 radical (unpaired) electrons. The molecule has 0 unspecified atom stereocenters. The molecule has 0 fully saturated rings. The molecule has 1 aromatic carbocycles. The first kappa shape index (κ1) is 16.3. The van der Waals surface area contributed by atoms with Crippen LogP contribution in [0.3, 0.4) is 0 Å². The van der Waals surface area contributed by atoms with Crippen LogP contribution in [0.5, 0.6) is 0 Å². The number of aromatic nitrogens is 2. The van der Waals surface area contributed by atoms with Gasteiger partial charge in [0, 0.05) is 31.4 Å². The van der Waals surface area contributed by atoms with Gasteiger partial charge in [-0.3, -0.25) is 0 Å². The molecule has 4 heteroatoms. The van der Waals surface area contributed by atoms with Crippen molar-refractivity contribution in [3.63, 3.8) is 0 Å². The third-order valence-corrected chi connectivity index (χ3v) is 3.45. The lowest BCUT2D eigenvalue weighted by molar-refractivity contribution is 0.732. The van der Waals surface area contributed by atoms with E-state index in [4.69, 9.17) is 0 Å². The fraction of sp³-hybridized carbons (Fsp3) is 0.444. The summed E-state index contributed by atoms with van der Waals surface area (Å²) >= 11 is 0. The van der Waals surface area contributed by atoms with Crippen molar-refractivity contribution < 1.29 is 0 Å². The van der Waals surface area contributed by atoms with Crippen LogP contribution in [0.4, 0.5) is 11.8 Å². The molecule has 0 amide bonds. The first-order valence-electron chi connectivity index (χ1n) is 8.11. The number of nitrogens with zero attached hydrogens (tertiary/aromatic N) is 3. The second-order valence-corrected chi connectivity index (χ2v) is 5.52. The number of nitrogens with one attached hydrogen (secondary N) is 1. The maximum atomic E-state index is 4.69. The van der Waals surface area contributed by atoms with Gasteiger partial charge in [-0.05, 0) is 25.3 Å². The van der Waals surface area contributed by atoms with E-state index in [0.29, 0.717) is 5.95 Å². The molecule has 0 saturated carbocycles. The maximum absolute atomic E-state index is 4.69. The van der Waals surface area contributed by atoms with Gasteiger partial charge in [0.15, 0.2) is 0 Å². The standard InChI is InChI=1S/C18H26N4/c1-4-11-22(12-5-2)17-13-15(3)20-18(21-17)19-14-16-9-7-6-8-10-16/h6-10,13H,4-5,11-12,14H2,1-3H3,(H,19,20,21). The van der Waals surface area contributed by atoms with Gasteiger partial charge in [0.1, 0.15) is 5.82 Å². The Balaban J connectivity index is 2.11. The van der Waals surface area contributed by atoms with Crippen molar-refractivity contribution in [1.82, 2.24) is 9.97 Å². The van der Waals surface area contributed by atoms with Gasteiger partial charge in [-0.15, -0.1) is 0 Å². The summed E-state index contributed by atoms with van der Waals surface area (Å²) in [5, 5.41) is 3.33.